The Morgan fingerprint density at radius 2 is 2.17 bits per heavy atom. The highest BCUT2D eigenvalue weighted by Crippen LogP contribution is 2.42. The van der Waals surface area contributed by atoms with Gasteiger partial charge in [-0.25, -0.2) is 4.39 Å². The Morgan fingerprint density at radius 1 is 1.28 bits per heavy atom. The molecule has 0 bridgehead atoms. The Kier molecular flexibility index (Phi) is 4.81. The number of aliphatic hydroxyl groups is 1. The summed E-state index contributed by atoms with van der Waals surface area (Å²) in [5.74, 6) is 1.39. The summed E-state index contributed by atoms with van der Waals surface area (Å²) in [6.07, 6.45) is 4.58. The van der Waals surface area contributed by atoms with E-state index in [-0.39, 0.29) is 11.7 Å². The van der Waals surface area contributed by atoms with Gasteiger partial charge in [0.05, 0.1) is 18.9 Å². The first-order chi connectivity index (χ1) is 14.2. The summed E-state index contributed by atoms with van der Waals surface area (Å²) < 4.78 is 21.4. The van der Waals surface area contributed by atoms with Gasteiger partial charge in [-0.15, -0.1) is 0 Å². The first kappa shape index (κ1) is 18.3. The summed E-state index contributed by atoms with van der Waals surface area (Å²) >= 11 is 0. The van der Waals surface area contributed by atoms with Crippen LogP contribution in [0.1, 0.15) is 30.7 Å². The minimum atomic E-state index is -0.422. The molecule has 1 aliphatic carbocycles. The van der Waals surface area contributed by atoms with Crippen LogP contribution in [0.25, 0.3) is 5.65 Å². The van der Waals surface area contributed by atoms with Crippen molar-refractivity contribution < 1.29 is 14.2 Å². The molecule has 1 aliphatic heterocycles. The van der Waals surface area contributed by atoms with Crippen molar-refractivity contribution in [3.8, 4) is 5.88 Å². The molecule has 0 unspecified atom stereocenters. The zero-order chi connectivity index (χ0) is 19.8. The highest BCUT2D eigenvalue weighted by molar-refractivity contribution is 5.63. The number of hydrogen-bond acceptors (Lipinski definition) is 6. The molecule has 2 fully saturated rings. The Labute approximate surface area is 167 Å². The number of hydrogen-bond donors (Lipinski definition) is 3. The standard InChI is InChI=1S/C21H24FN5O2/c22-15-2-1-3-16(8-15)25-19-9-20(29-12-14-6-7-23-11-18(14)28)26-21-17(13-4-5-13)10-24-27(19)21/h1-3,8-10,13-14,18,23,25,28H,4-7,11-12H2/t14-,18+/m0/s1. The van der Waals surface area contributed by atoms with Gasteiger partial charge in [-0.2, -0.15) is 14.6 Å². The largest absolute Gasteiger partial charge is 0.477 e. The van der Waals surface area contributed by atoms with E-state index in [9.17, 15) is 9.50 Å². The Balaban J connectivity index is 1.46. The number of halogens is 1. The second-order valence-electron chi connectivity index (χ2n) is 7.86. The Bertz CT molecular complexity index is 1020. The zero-order valence-corrected chi connectivity index (χ0v) is 16.0. The number of aromatic nitrogens is 3. The molecule has 5 rings (SSSR count). The van der Waals surface area contributed by atoms with Crippen LogP contribution < -0.4 is 15.4 Å². The SMILES string of the molecule is O[C@@H]1CNCC[C@H]1COc1cc(Nc2cccc(F)c2)n2ncc(C3CC3)c2n1. The van der Waals surface area contributed by atoms with Crippen molar-refractivity contribution in [2.75, 3.05) is 25.0 Å². The van der Waals surface area contributed by atoms with Gasteiger partial charge in [-0.05, 0) is 49.9 Å². The number of benzene rings is 1. The maximum Gasteiger partial charge on any atom is 0.219 e. The highest BCUT2D eigenvalue weighted by atomic mass is 19.1. The third-order valence-electron chi connectivity index (χ3n) is 5.62. The third-order valence-corrected chi connectivity index (χ3v) is 5.62. The molecule has 0 amide bonds. The number of aliphatic hydroxyl groups excluding tert-OH is 1. The molecule has 2 atom stereocenters. The van der Waals surface area contributed by atoms with E-state index in [0.29, 0.717) is 36.5 Å². The minimum absolute atomic E-state index is 0.0710. The summed E-state index contributed by atoms with van der Waals surface area (Å²) in [5, 5.41) is 21.1. The van der Waals surface area contributed by atoms with Gasteiger partial charge in [0.15, 0.2) is 5.65 Å². The van der Waals surface area contributed by atoms with Crippen molar-refractivity contribution in [1.29, 1.82) is 0 Å². The van der Waals surface area contributed by atoms with Crippen LogP contribution in [0.15, 0.2) is 36.5 Å². The molecular formula is C21H24FN5O2. The topological polar surface area (TPSA) is 83.7 Å². The second-order valence-corrected chi connectivity index (χ2v) is 7.86. The second kappa shape index (κ2) is 7.61. The van der Waals surface area contributed by atoms with E-state index >= 15 is 0 Å². The van der Waals surface area contributed by atoms with Crippen LogP contribution >= 0.6 is 0 Å². The zero-order valence-electron chi connectivity index (χ0n) is 16.0. The number of nitrogens with one attached hydrogen (secondary N) is 2. The van der Waals surface area contributed by atoms with Gasteiger partial charge in [0, 0.05) is 29.8 Å². The lowest BCUT2D eigenvalue weighted by atomic mass is 9.96. The predicted octanol–water partition coefficient (Wildman–Crippen LogP) is 2.84. The average Bonchev–Trinajstić information content (AvgIpc) is 3.46. The monoisotopic (exact) mass is 397 g/mol. The van der Waals surface area contributed by atoms with E-state index in [1.54, 1.807) is 22.7 Å². The van der Waals surface area contributed by atoms with E-state index < -0.39 is 6.10 Å². The number of ether oxygens (including phenoxy) is 1. The number of fused-ring (bicyclic) bond motifs is 1. The maximum absolute atomic E-state index is 13.6. The molecule has 3 aromatic rings. The molecule has 0 radical (unpaired) electrons. The summed E-state index contributed by atoms with van der Waals surface area (Å²) in [6.45, 7) is 1.86. The normalized spacial score (nSPS) is 22.0. The molecule has 7 nitrogen and oxygen atoms in total. The van der Waals surface area contributed by atoms with Crippen LogP contribution in [-0.4, -0.2) is 45.5 Å². The van der Waals surface area contributed by atoms with Crippen molar-refractivity contribution >= 4 is 17.2 Å². The van der Waals surface area contributed by atoms with Crippen LogP contribution in [-0.2, 0) is 0 Å². The molecule has 3 heterocycles. The van der Waals surface area contributed by atoms with Gasteiger partial charge in [0.2, 0.25) is 5.88 Å². The lowest BCUT2D eigenvalue weighted by Gasteiger charge is -2.28. The van der Waals surface area contributed by atoms with Crippen molar-refractivity contribution in [3.63, 3.8) is 0 Å². The number of piperidine rings is 1. The lowest BCUT2D eigenvalue weighted by molar-refractivity contribution is 0.0515. The average molecular weight is 397 g/mol. The van der Waals surface area contributed by atoms with Crippen molar-refractivity contribution in [2.45, 2.75) is 31.3 Å². The summed E-state index contributed by atoms with van der Waals surface area (Å²) in [7, 11) is 0. The number of β-amino-alcohol motifs (C(OH)–C–C–N with tert-alkyl or cyclic N) is 1. The fourth-order valence-corrected chi connectivity index (χ4v) is 3.80. The van der Waals surface area contributed by atoms with Crippen LogP contribution in [0.2, 0.25) is 0 Å². The molecule has 1 saturated carbocycles. The number of anilines is 2. The Morgan fingerprint density at radius 3 is 2.97 bits per heavy atom. The quantitative estimate of drug-likeness (QED) is 0.593. The van der Waals surface area contributed by atoms with Crippen molar-refractivity contribution in [1.82, 2.24) is 19.9 Å². The maximum atomic E-state index is 13.6. The molecule has 2 aliphatic rings. The van der Waals surface area contributed by atoms with E-state index in [0.717, 1.165) is 37.0 Å². The van der Waals surface area contributed by atoms with Crippen LogP contribution in [0, 0.1) is 11.7 Å². The molecule has 8 heteroatoms. The van der Waals surface area contributed by atoms with Gasteiger partial charge in [0.1, 0.15) is 11.6 Å². The highest BCUT2D eigenvalue weighted by Gasteiger charge is 2.29. The molecule has 0 spiro atoms. The predicted molar refractivity (Wildman–Crippen MR) is 107 cm³/mol. The van der Waals surface area contributed by atoms with Gasteiger partial charge in [0.25, 0.3) is 0 Å². The van der Waals surface area contributed by atoms with Gasteiger partial charge in [-0.3, -0.25) is 0 Å². The number of nitrogens with zero attached hydrogens (tertiary/aromatic N) is 3. The molecule has 1 saturated heterocycles. The van der Waals surface area contributed by atoms with Gasteiger partial charge >= 0.3 is 0 Å². The molecule has 29 heavy (non-hydrogen) atoms. The summed E-state index contributed by atoms with van der Waals surface area (Å²) in [6, 6.07) is 8.07. The fraction of sp³-hybridized carbons (Fsp3) is 0.429. The van der Waals surface area contributed by atoms with E-state index in [4.69, 9.17) is 9.72 Å². The van der Waals surface area contributed by atoms with Gasteiger partial charge < -0.3 is 20.5 Å². The molecular weight excluding hydrogens is 373 g/mol. The summed E-state index contributed by atoms with van der Waals surface area (Å²) in [5.41, 5.74) is 2.50. The van der Waals surface area contributed by atoms with E-state index in [1.807, 2.05) is 6.20 Å². The lowest BCUT2D eigenvalue weighted by Crippen LogP contribution is -2.42. The van der Waals surface area contributed by atoms with E-state index in [2.05, 4.69) is 15.7 Å². The number of rotatable bonds is 6. The van der Waals surface area contributed by atoms with Crippen molar-refractivity contribution in [3.05, 3.63) is 47.9 Å². The Hall–Kier alpha value is -2.71. The first-order valence-electron chi connectivity index (χ1n) is 10.1. The van der Waals surface area contributed by atoms with Crippen LogP contribution in [0.3, 0.4) is 0 Å². The smallest absolute Gasteiger partial charge is 0.219 e. The molecule has 152 valence electrons. The first-order valence-corrected chi connectivity index (χ1v) is 10.1. The fourth-order valence-electron chi connectivity index (χ4n) is 3.80. The molecule has 1 aromatic carbocycles. The van der Waals surface area contributed by atoms with Gasteiger partial charge in [-0.1, -0.05) is 6.07 Å². The van der Waals surface area contributed by atoms with Crippen LogP contribution in [0.4, 0.5) is 15.9 Å². The third kappa shape index (κ3) is 3.90. The van der Waals surface area contributed by atoms with Crippen molar-refractivity contribution in [2.24, 2.45) is 5.92 Å². The minimum Gasteiger partial charge on any atom is -0.477 e. The van der Waals surface area contributed by atoms with E-state index in [1.165, 1.54) is 12.1 Å². The van der Waals surface area contributed by atoms with Crippen LogP contribution in [0.5, 0.6) is 5.88 Å². The molecule has 2 aromatic heterocycles. The summed E-state index contributed by atoms with van der Waals surface area (Å²) in [4.78, 5) is 4.69. The molecule has 3 N–H and O–H groups in total.